The van der Waals surface area contributed by atoms with E-state index in [9.17, 15) is 9.59 Å². The van der Waals surface area contributed by atoms with E-state index in [1.165, 1.54) is 0 Å². The van der Waals surface area contributed by atoms with Crippen LogP contribution in [0.15, 0.2) is 59.4 Å². The molecule has 1 saturated carbocycles. The maximum atomic E-state index is 12.4. The highest BCUT2D eigenvalue weighted by Gasteiger charge is 2.33. The number of H-pyrrole nitrogens is 1. The Balaban J connectivity index is 1.43. The number of benzene rings is 2. The van der Waals surface area contributed by atoms with Crippen molar-refractivity contribution in [2.75, 3.05) is 0 Å². The van der Waals surface area contributed by atoms with E-state index in [4.69, 9.17) is 0 Å². The number of carbonyl (C=O) groups is 1. The first-order valence-corrected chi connectivity index (χ1v) is 9.03. The minimum Gasteiger partial charge on any atom is -0.349 e. The molecule has 0 unspecified atom stereocenters. The number of nitrogens with one attached hydrogen (secondary N) is 2. The second-order valence-corrected chi connectivity index (χ2v) is 6.82. The molecule has 3 aromatic rings. The molecule has 1 aliphatic carbocycles. The lowest BCUT2D eigenvalue weighted by Crippen LogP contribution is -2.30. The van der Waals surface area contributed by atoms with Crippen molar-refractivity contribution in [2.24, 2.45) is 5.92 Å². The number of aryl methyl sites for hydroxylation is 1. The molecular weight excluding hydrogens is 326 g/mol. The van der Waals surface area contributed by atoms with Gasteiger partial charge in [0.05, 0.1) is 16.9 Å². The Morgan fingerprint density at radius 3 is 2.62 bits per heavy atom. The van der Waals surface area contributed by atoms with Crippen molar-refractivity contribution in [2.45, 2.75) is 31.7 Å². The van der Waals surface area contributed by atoms with Crippen molar-refractivity contribution in [3.63, 3.8) is 0 Å². The van der Waals surface area contributed by atoms with Gasteiger partial charge < -0.3 is 10.3 Å². The highest BCUT2D eigenvalue weighted by Crippen LogP contribution is 2.40. The number of para-hydroxylation sites is 1. The molecule has 0 spiro atoms. The summed E-state index contributed by atoms with van der Waals surface area (Å²) in [6.45, 7) is 0. The zero-order valence-corrected chi connectivity index (χ0v) is 14.4. The Kier molecular flexibility index (Phi) is 4.52. The Morgan fingerprint density at radius 1 is 1.12 bits per heavy atom. The van der Waals surface area contributed by atoms with Gasteiger partial charge in [-0.25, -0.2) is 4.98 Å². The van der Waals surface area contributed by atoms with Crippen molar-refractivity contribution in [1.29, 1.82) is 0 Å². The molecule has 0 saturated heterocycles. The fraction of sp³-hybridized carbons (Fsp3) is 0.286. The molecule has 2 aromatic carbocycles. The number of aromatic amines is 1. The third-order valence-electron chi connectivity index (χ3n) is 4.82. The van der Waals surface area contributed by atoms with Crippen LogP contribution in [0.4, 0.5) is 0 Å². The molecule has 1 aliphatic rings. The molecule has 1 atom stereocenters. The van der Waals surface area contributed by atoms with Crippen LogP contribution in [0.1, 0.15) is 36.7 Å². The summed E-state index contributed by atoms with van der Waals surface area (Å²) in [6, 6.07) is 17.4. The van der Waals surface area contributed by atoms with E-state index >= 15 is 0 Å². The SMILES string of the molecule is O=C(CCc1nc2ccccc2c(=O)[nH]1)N[C@H](c1ccccc1)C1CC1. The van der Waals surface area contributed by atoms with Gasteiger partial charge in [0, 0.05) is 12.8 Å². The summed E-state index contributed by atoms with van der Waals surface area (Å²) >= 11 is 0. The summed E-state index contributed by atoms with van der Waals surface area (Å²) in [5.41, 5.74) is 1.65. The lowest BCUT2D eigenvalue weighted by Gasteiger charge is -2.18. The number of hydrogen-bond acceptors (Lipinski definition) is 3. The van der Waals surface area contributed by atoms with Crippen LogP contribution in [0.3, 0.4) is 0 Å². The summed E-state index contributed by atoms with van der Waals surface area (Å²) in [5, 5.41) is 3.73. The largest absolute Gasteiger partial charge is 0.349 e. The van der Waals surface area contributed by atoms with Gasteiger partial charge in [0.1, 0.15) is 5.82 Å². The van der Waals surface area contributed by atoms with Crippen LogP contribution < -0.4 is 10.9 Å². The number of amides is 1. The van der Waals surface area contributed by atoms with Gasteiger partial charge in [-0.15, -0.1) is 0 Å². The van der Waals surface area contributed by atoms with Crippen molar-refractivity contribution >= 4 is 16.8 Å². The number of nitrogens with zero attached hydrogens (tertiary/aromatic N) is 1. The van der Waals surface area contributed by atoms with Gasteiger partial charge in [-0.05, 0) is 36.5 Å². The minimum atomic E-state index is -0.161. The summed E-state index contributed by atoms with van der Waals surface area (Å²) < 4.78 is 0. The number of carbonyl (C=O) groups excluding carboxylic acids is 1. The van der Waals surface area contributed by atoms with Gasteiger partial charge in [0.15, 0.2) is 0 Å². The van der Waals surface area contributed by atoms with E-state index in [0.29, 0.717) is 35.5 Å². The Bertz CT molecular complexity index is 977. The van der Waals surface area contributed by atoms with E-state index in [-0.39, 0.29) is 17.5 Å². The van der Waals surface area contributed by atoms with E-state index < -0.39 is 0 Å². The standard InChI is InChI=1S/C21H21N3O2/c25-19(24-20(15-10-11-15)14-6-2-1-3-7-14)13-12-18-22-17-9-5-4-8-16(17)21(26)23-18/h1-9,15,20H,10-13H2,(H,24,25)(H,22,23,26)/t20-/m1/s1. The molecule has 1 amide bonds. The second kappa shape index (κ2) is 7.12. The molecule has 5 nitrogen and oxygen atoms in total. The highest BCUT2D eigenvalue weighted by atomic mass is 16.1. The molecule has 26 heavy (non-hydrogen) atoms. The van der Waals surface area contributed by atoms with Crippen molar-refractivity contribution in [3.8, 4) is 0 Å². The Morgan fingerprint density at radius 2 is 1.85 bits per heavy atom. The molecule has 1 heterocycles. The summed E-state index contributed by atoms with van der Waals surface area (Å²) in [7, 11) is 0. The number of fused-ring (bicyclic) bond motifs is 1. The van der Waals surface area contributed by atoms with Crippen LogP contribution >= 0.6 is 0 Å². The average molecular weight is 347 g/mol. The molecule has 5 heteroatoms. The van der Waals surface area contributed by atoms with Gasteiger partial charge in [-0.1, -0.05) is 42.5 Å². The predicted octanol–water partition coefficient (Wildman–Crippen LogP) is 3.12. The average Bonchev–Trinajstić information content (AvgIpc) is 3.50. The minimum absolute atomic E-state index is 0.0124. The van der Waals surface area contributed by atoms with E-state index in [1.54, 1.807) is 6.07 Å². The Hall–Kier alpha value is -2.95. The molecule has 0 aliphatic heterocycles. The lowest BCUT2D eigenvalue weighted by atomic mass is 10.0. The molecule has 4 rings (SSSR count). The van der Waals surface area contributed by atoms with Crippen LogP contribution in [-0.4, -0.2) is 15.9 Å². The van der Waals surface area contributed by atoms with E-state index in [0.717, 1.165) is 18.4 Å². The van der Waals surface area contributed by atoms with E-state index in [1.807, 2.05) is 36.4 Å². The predicted molar refractivity (Wildman–Crippen MR) is 101 cm³/mol. The number of rotatable bonds is 6. The lowest BCUT2D eigenvalue weighted by molar-refractivity contribution is -0.122. The third-order valence-corrected chi connectivity index (χ3v) is 4.82. The maximum absolute atomic E-state index is 12.4. The third kappa shape index (κ3) is 3.67. The van der Waals surface area contributed by atoms with Gasteiger partial charge >= 0.3 is 0 Å². The maximum Gasteiger partial charge on any atom is 0.258 e. The first-order chi connectivity index (χ1) is 12.7. The fourth-order valence-electron chi connectivity index (χ4n) is 3.29. The molecule has 132 valence electrons. The number of hydrogen-bond donors (Lipinski definition) is 2. The molecule has 1 aromatic heterocycles. The van der Waals surface area contributed by atoms with Gasteiger partial charge in [-0.2, -0.15) is 0 Å². The zero-order chi connectivity index (χ0) is 17.9. The molecule has 1 fully saturated rings. The van der Waals surface area contributed by atoms with Gasteiger partial charge in [-0.3, -0.25) is 9.59 Å². The van der Waals surface area contributed by atoms with Gasteiger partial charge in [0.25, 0.3) is 5.56 Å². The van der Waals surface area contributed by atoms with Crippen LogP contribution in [0.25, 0.3) is 10.9 Å². The summed E-state index contributed by atoms with van der Waals surface area (Å²) in [6.07, 6.45) is 3.02. The van der Waals surface area contributed by atoms with Crippen molar-refractivity contribution in [1.82, 2.24) is 15.3 Å². The van der Waals surface area contributed by atoms with Gasteiger partial charge in [0.2, 0.25) is 5.91 Å². The molecule has 2 N–H and O–H groups in total. The smallest absolute Gasteiger partial charge is 0.258 e. The van der Waals surface area contributed by atoms with Crippen molar-refractivity contribution in [3.05, 3.63) is 76.3 Å². The topological polar surface area (TPSA) is 74.8 Å². The highest BCUT2D eigenvalue weighted by molar-refractivity contribution is 5.78. The molecule has 0 bridgehead atoms. The van der Waals surface area contributed by atoms with Crippen molar-refractivity contribution < 1.29 is 4.79 Å². The normalized spacial score (nSPS) is 14.9. The fourth-order valence-corrected chi connectivity index (χ4v) is 3.29. The van der Waals surface area contributed by atoms with Crippen LogP contribution in [0, 0.1) is 5.92 Å². The quantitative estimate of drug-likeness (QED) is 0.719. The first-order valence-electron chi connectivity index (χ1n) is 9.03. The van der Waals surface area contributed by atoms with Crippen LogP contribution in [0.2, 0.25) is 0 Å². The second-order valence-electron chi connectivity index (χ2n) is 6.82. The zero-order valence-electron chi connectivity index (χ0n) is 14.4. The Labute approximate surface area is 151 Å². The molecular formula is C21H21N3O2. The molecule has 0 radical (unpaired) electrons. The number of aromatic nitrogens is 2. The first kappa shape index (κ1) is 16.5. The van der Waals surface area contributed by atoms with Crippen LogP contribution in [-0.2, 0) is 11.2 Å². The summed E-state index contributed by atoms with van der Waals surface area (Å²) in [5.74, 6) is 1.06. The van der Waals surface area contributed by atoms with Crippen LogP contribution in [0.5, 0.6) is 0 Å². The van der Waals surface area contributed by atoms with E-state index in [2.05, 4.69) is 27.4 Å². The monoisotopic (exact) mass is 347 g/mol. The summed E-state index contributed by atoms with van der Waals surface area (Å²) in [4.78, 5) is 31.8.